The lowest BCUT2D eigenvalue weighted by atomic mass is 9.90. The van der Waals surface area contributed by atoms with Crippen LogP contribution in [-0.4, -0.2) is 34.1 Å². The molecule has 0 bridgehead atoms. The van der Waals surface area contributed by atoms with Crippen molar-refractivity contribution in [3.63, 3.8) is 0 Å². The fraction of sp³-hybridized carbons (Fsp3) is 0.321. The number of carboxylic acids is 1. The van der Waals surface area contributed by atoms with E-state index in [1.165, 1.54) is 0 Å². The molecule has 3 N–H and O–H groups in total. The molecular formula is C28H28N2O6. The van der Waals surface area contributed by atoms with Crippen molar-refractivity contribution in [2.75, 3.05) is 0 Å². The lowest BCUT2D eigenvalue weighted by Gasteiger charge is -2.22. The molecule has 5 rings (SSSR count). The van der Waals surface area contributed by atoms with Crippen molar-refractivity contribution >= 4 is 33.7 Å². The average molecular weight is 489 g/mol. The molecule has 2 heterocycles. The SMILES string of the molecule is Cc1cc(OC(C)C(=O)NC(Cc2c[nH]c3ccccc23)C(=O)O)c2c3c(c(=O)oc2c1)CCCC3. The largest absolute Gasteiger partial charge is 0.480 e. The number of para-hydroxylation sites is 1. The Morgan fingerprint density at radius 1 is 1.17 bits per heavy atom. The second-order valence-corrected chi connectivity index (χ2v) is 9.41. The van der Waals surface area contributed by atoms with Gasteiger partial charge < -0.3 is 24.6 Å². The van der Waals surface area contributed by atoms with Crippen LogP contribution in [-0.2, 0) is 28.9 Å². The van der Waals surface area contributed by atoms with E-state index >= 15 is 0 Å². The standard InChI is InChI=1S/C28H28N2O6/c1-15-11-23(25-19-8-3-4-9-20(19)28(34)36-24(25)12-15)35-16(2)26(31)30-22(27(32)33)13-17-14-29-21-10-6-5-7-18(17)21/h5-7,10-12,14,16,22,29H,3-4,8-9,13H2,1-2H3,(H,30,31)(H,32,33). The van der Waals surface area contributed by atoms with Gasteiger partial charge in [0.15, 0.2) is 6.10 Å². The van der Waals surface area contributed by atoms with Crippen LogP contribution in [0.1, 0.15) is 42.0 Å². The van der Waals surface area contributed by atoms with Crippen molar-refractivity contribution < 1.29 is 23.8 Å². The Bertz CT molecular complexity index is 1530. The van der Waals surface area contributed by atoms with Crippen LogP contribution >= 0.6 is 0 Å². The monoisotopic (exact) mass is 488 g/mol. The number of carboxylic acid groups (broad SMARTS) is 1. The van der Waals surface area contributed by atoms with E-state index in [0.29, 0.717) is 28.7 Å². The number of ether oxygens (including phenoxy) is 1. The van der Waals surface area contributed by atoms with Crippen LogP contribution < -0.4 is 15.7 Å². The fourth-order valence-electron chi connectivity index (χ4n) is 5.01. The lowest BCUT2D eigenvalue weighted by Crippen LogP contribution is -2.47. The molecule has 0 aliphatic heterocycles. The highest BCUT2D eigenvalue weighted by molar-refractivity contribution is 5.91. The van der Waals surface area contributed by atoms with E-state index in [1.54, 1.807) is 19.2 Å². The molecule has 2 atom stereocenters. The highest BCUT2D eigenvalue weighted by Crippen LogP contribution is 2.35. The Morgan fingerprint density at radius 3 is 2.69 bits per heavy atom. The summed E-state index contributed by atoms with van der Waals surface area (Å²) in [5.41, 5.74) is 4.24. The summed E-state index contributed by atoms with van der Waals surface area (Å²) in [5, 5.41) is 14.0. The molecule has 186 valence electrons. The van der Waals surface area contributed by atoms with Gasteiger partial charge in [-0.3, -0.25) is 4.79 Å². The van der Waals surface area contributed by atoms with Gasteiger partial charge in [0, 0.05) is 29.1 Å². The number of rotatable bonds is 7. The molecule has 1 amide bonds. The zero-order valence-corrected chi connectivity index (χ0v) is 20.2. The van der Waals surface area contributed by atoms with Crippen LogP contribution in [0.3, 0.4) is 0 Å². The number of aliphatic carboxylic acids is 1. The second-order valence-electron chi connectivity index (χ2n) is 9.41. The molecule has 0 saturated carbocycles. The third-order valence-electron chi connectivity index (χ3n) is 6.82. The van der Waals surface area contributed by atoms with Crippen molar-refractivity contribution in [3.8, 4) is 5.75 Å². The number of hydrogen-bond acceptors (Lipinski definition) is 5. The smallest absolute Gasteiger partial charge is 0.339 e. The second kappa shape index (κ2) is 9.53. The Balaban J connectivity index is 1.39. The van der Waals surface area contributed by atoms with Crippen molar-refractivity contribution in [1.82, 2.24) is 10.3 Å². The summed E-state index contributed by atoms with van der Waals surface area (Å²) in [5.74, 6) is -1.21. The Hall–Kier alpha value is -4.07. The molecule has 0 radical (unpaired) electrons. The van der Waals surface area contributed by atoms with Gasteiger partial charge in [-0.05, 0) is 74.4 Å². The van der Waals surface area contributed by atoms with Crippen molar-refractivity contribution in [1.29, 1.82) is 0 Å². The summed E-state index contributed by atoms with van der Waals surface area (Å²) in [6.45, 7) is 3.44. The number of H-pyrrole nitrogens is 1. The van der Waals surface area contributed by atoms with Gasteiger partial charge in [0.1, 0.15) is 17.4 Å². The zero-order chi connectivity index (χ0) is 25.4. The Labute approximate surface area is 207 Å². The van der Waals surface area contributed by atoms with Crippen LogP contribution in [0, 0.1) is 6.92 Å². The normalized spacial score (nSPS) is 14.8. The third-order valence-corrected chi connectivity index (χ3v) is 6.82. The average Bonchev–Trinajstić information content (AvgIpc) is 3.26. The minimum absolute atomic E-state index is 0.129. The molecule has 4 aromatic rings. The molecule has 0 fully saturated rings. The summed E-state index contributed by atoms with van der Waals surface area (Å²) in [6, 6.07) is 10.1. The number of hydrogen-bond donors (Lipinski definition) is 3. The number of aromatic amines is 1. The maximum absolute atomic E-state index is 13.0. The predicted molar refractivity (Wildman–Crippen MR) is 136 cm³/mol. The van der Waals surface area contributed by atoms with Crippen molar-refractivity contribution in [2.45, 2.75) is 58.1 Å². The molecule has 2 aromatic heterocycles. The molecule has 1 aliphatic rings. The van der Waals surface area contributed by atoms with Gasteiger partial charge in [-0.25, -0.2) is 9.59 Å². The molecule has 2 aromatic carbocycles. The number of carbonyl (C=O) groups excluding carboxylic acids is 1. The van der Waals surface area contributed by atoms with Gasteiger partial charge >= 0.3 is 11.6 Å². The van der Waals surface area contributed by atoms with Crippen LogP contribution in [0.25, 0.3) is 21.9 Å². The molecule has 36 heavy (non-hydrogen) atoms. The van der Waals surface area contributed by atoms with Gasteiger partial charge in [0.25, 0.3) is 5.91 Å². The van der Waals surface area contributed by atoms with Gasteiger partial charge in [-0.15, -0.1) is 0 Å². The van der Waals surface area contributed by atoms with Crippen LogP contribution in [0.15, 0.2) is 51.8 Å². The number of aryl methyl sites for hydroxylation is 2. The number of fused-ring (bicyclic) bond motifs is 4. The first-order valence-corrected chi connectivity index (χ1v) is 12.2. The van der Waals surface area contributed by atoms with E-state index in [0.717, 1.165) is 46.9 Å². The van der Waals surface area contributed by atoms with Gasteiger partial charge in [-0.2, -0.15) is 0 Å². The van der Waals surface area contributed by atoms with E-state index in [1.807, 2.05) is 37.3 Å². The maximum atomic E-state index is 13.0. The van der Waals surface area contributed by atoms with E-state index in [2.05, 4.69) is 10.3 Å². The highest BCUT2D eigenvalue weighted by Gasteiger charge is 2.27. The first kappa shape index (κ1) is 23.7. The molecule has 2 unspecified atom stereocenters. The van der Waals surface area contributed by atoms with Crippen LogP contribution in [0.2, 0.25) is 0 Å². The van der Waals surface area contributed by atoms with E-state index < -0.39 is 24.0 Å². The summed E-state index contributed by atoms with van der Waals surface area (Å²) in [6.07, 6.45) is 4.21. The Kier molecular flexibility index (Phi) is 6.26. The predicted octanol–water partition coefficient (Wildman–Crippen LogP) is 4.04. The van der Waals surface area contributed by atoms with Crippen molar-refractivity contribution in [3.05, 3.63) is 75.3 Å². The first-order chi connectivity index (χ1) is 17.3. The summed E-state index contributed by atoms with van der Waals surface area (Å²) in [7, 11) is 0. The number of carbonyl (C=O) groups is 2. The fourth-order valence-corrected chi connectivity index (χ4v) is 5.01. The number of nitrogens with one attached hydrogen (secondary N) is 2. The third kappa shape index (κ3) is 4.46. The van der Waals surface area contributed by atoms with Crippen molar-refractivity contribution in [2.24, 2.45) is 0 Å². The first-order valence-electron chi connectivity index (χ1n) is 12.2. The number of aromatic nitrogens is 1. The van der Waals surface area contributed by atoms with Crippen LogP contribution in [0.5, 0.6) is 5.75 Å². The maximum Gasteiger partial charge on any atom is 0.339 e. The van der Waals surface area contributed by atoms with E-state index in [-0.39, 0.29) is 12.0 Å². The summed E-state index contributed by atoms with van der Waals surface area (Å²) < 4.78 is 11.7. The van der Waals surface area contributed by atoms with E-state index in [9.17, 15) is 19.5 Å². The minimum Gasteiger partial charge on any atom is -0.480 e. The zero-order valence-electron chi connectivity index (χ0n) is 20.2. The molecule has 0 saturated heterocycles. The molecular weight excluding hydrogens is 460 g/mol. The van der Waals surface area contributed by atoms with Gasteiger partial charge in [0.05, 0.1) is 5.39 Å². The number of benzene rings is 2. The summed E-state index contributed by atoms with van der Waals surface area (Å²) >= 11 is 0. The van der Waals surface area contributed by atoms with Gasteiger partial charge in [0.2, 0.25) is 0 Å². The number of amides is 1. The minimum atomic E-state index is -1.13. The van der Waals surface area contributed by atoms with Crippen LogP contribution in [0.4, 0.5) is 0 Å². The quantitative estimate of drug-likeness (QED) is 0.338. The molecule has 8 nitrogen and oxygen atoms in total. The highest BCUT2D eigenvalue weighted by atomic mass is 16.5. The molecule has 8 heteroatoms. The van der Waals surface area contributed by atoms with E-state index in [4.69, 9.17) is 9.15 Å². The Morgan fingerprint density at radius 2 is 1.92 bits per heavy atom. The molecule has 1 aliphatic carbocycles. The lowest BCUT2D eigenvalue weighted by molar-refractivity contribution is -0.142. The molecule has 0 spiro atoms. The van der Waals surface area contributed by atoms with Gasteiger partial charge in [-0.1, -0.05) is 18.2 Å². The topological polar surface area (TPSA) is 122 Å². The summed E-state index contributed by atoms with van der Waals surface area (Å²) in [4.78, 5) is 40.6.